The normalized spacial score (nSPS) is 30.2. The summed E-state index contributed by atoms with van der Waals surface area (Å²) in [5.74, 6) is 5.18. The minimum atomic E-state index is -4.46. The Labute approximate surface area is 312 Å². The fourth-order valence-electron chi connectivity index (χ4n) is 9.39. The Bertz CT molecular complexity index is 1650. The van der Waals surface area contributed by atoms with Crippen LogP contribution in [0.1, 0.15) is 98.1 Å². The van der Waals surface area contributed by atoms with Crippen molar-refractivity contribution < 1.29 is 36.8 Å². The molecule has 1 N–H and O–H groups in total. The lowest BCUT2D eigenvalue weighted by Gasteiger charge is -2.64. The zero-order chi connectivity index (χ0) is 38.6. The number of hydrogen-bond donors (Lipinski definition) is 1. The molecular weight excluding hydrogens is 684 g/mol. The average Bonchev–Trinajstić information content (AvgIpc) is 3.65. The fraction of sp³-hybridized carbons (Fsp3) is 0.725. The van der Waals surface area contributed by atoms with E-state index < -0.39 is 48.5 Å². The Balaban J connectivity index is 1.09. The van der Waals surface area contributed by atoms with E-state index in [9.17, 15) is 28.0 Å². The number of hydrogen-bond acceptors (Lipinski definition) is 7. The van der Waals surface area contributed by atoms with Crippen molar-refractivity contribution in [1.29, 1.82) is 5.26 Å². The highest BCUT2D eigenvalue weighted by Gasteiger charge is 2.68. The molecule has 6 fully saturated rings. The SMILES string of the molecule is CC1(C)CCN(C(C)(C)C#CCC(C#N)C(=O)N2CCC[C@H](OC(=O)N[C@@H](Cc3ccc(C(F)(F)F)cc3)B3O[C@@H]4C[C@@H]5C[C@@H](C5(C)C)[C@]4(C)O3)C2)C1. The minimum absolute atomic E-state index is 0.0990. The molecular formula is C40H54BF3N4O5. The molecule has 1 aromatic rings. The quantitative estimate of drug-likeness (QED) is 0.236. The van der Waals surface area contributed by atoms with Crippen molar-refractivity contribution in [1.82, 2.24) is 15.1 Å². The lowest BCUT2D eigenvalue weighted by molar-refractivity contribution is -0.199. The van der Waals surface area contributed by atoms with Gasteiger partial charge in [-0.3, -0.25) is 9.69 Å². The molecule has 3 aliphatic carbocycles. The molecule has 7 atom stereocenters. The van der Waals surface area contributed by atoms with Crippen molar-refractivity contribution in [2.45, 2.75) is 129 Å². The van der Waals surface area contributed by atoms with Gasteiger partial charge in [-0.2, -0.15) is 18.4 Å². The van der Waals surface area contributed by atoms with Crippen LogP contribution < -0.4 is 5.32 Å². The van der Waals surface area contributed by atoms with E-state index >= 15 is 0 Å². The summed E-state index contributed by atoms with van der Waals surface area (Å²) in [4.78, 5) is 30.9. The number of amides is 2. The van der Waals surface area contributed by atoms with Crippen molar-refractivity contribution in [3.63, 3.8) is 0 Å². The zero-order valence-corrected chi connectivity index (χ0v) is 32.1. The minimum Gasteiger partial charge on any atom is -0.444 e. The number of carbonyl (C=O) groups excluding carboxylic acids is 2. The van der Waals surface area contributed by atoms with Gasteiger partial charge in [0.15, 0.2) is 0 Å². The van der Waals surface area contributed by atoms with Gasteiger partial charge in [0.25, 0.3) is 0 Å². The molecule has 2 amide bonds. The average molecular weight is 739 g/mol. The maximum atomic E-state index is 13.5. The summed E-state index contributed by atoms with van der Waals surface area (Å²) < 4.78 is 58.9. The second-order valence-corrected chi connectivity index (χ2v) is 18.0. The second kappa shape index (κ2) is 14.4. The lowest BCUT2D eigenvalue weighted by atomic mass is 9.43. The van der Waals surface area contributed by atoms with Crippen LogP contribution in [-0.4, -0.2) is 84.4 Å². The number of halogens is 3. The first-order chi connectivity index (χ1) is 24.7. The van der Waals surface area contributed by atoms with E-state index in [4.69, 9.17) is 14.0 Å². The maximum Gasteiger partial charge on any atom is 0.482 e. The topological polar surface area (TPSA) is 104 Å². The van der Waals surface area contributed by atoms with Gasteiger partial charge in [0.2, 0.25) is 5.91 Å². The Morgan fingerprint density at radius 2 is 1.83 bits per heavy atom. The first kappa shape index (κ1) is 39.4. The van der Waals surface area contributed by atoms with E-state index in [-0.39, 0.29) is 53.7 Å². The van der Waals surface area contributed by atoms with Crippen molar-refractivity contribution >= 4 is 19.1 Å². The van der Waals surface area contributed by atoms with Gasteiger partial charge in [-0.05, 0) is 99.7 Å². The van der Waals surface area contributed by atoms with E-state index in [1.807, 2.05) is 0 Å². The van der Waals surface area contributed by atoms with Gasteiger partial charge >= 0.3 is 19.4 Å². The molecule has 9 nitrogen and oxygen atoms in total. The van der Waals surface area contributed by atoms with Crippen LogP contribution in [-0.2, 0) is 31.4 Å². The third-order valence-corrected chi connectivity index (χ3v) is 12.9. The van der Waals surface area contributed by atoms with Crippen LogP contribution >= 0.6 is 0 Å². The molecule has 13 heteroatoms. The molecule has 0 radical (unpaired) electrons. The number of nitriles is 1. The maximum absolute atomic E-state index is 13.5. The highest BCUT2D eigenvalue weighted by molar-refractivity contribution is 6.48. The van der Waals surface area contributed by atoms with E-state index in [1.165, 1.54) is 12.1 Å². The number of likely N-dealkylation sites (tertiary alicyclic amines) is 2. The first-order valence-electron chi connectivity index (χ1n) is 19.1. The summed E-state index contributed by atoms with van der Waals surface area (Å²) in [7, 11) is -0.834. The van der Waals surface area contributed by atoms with Crippen LogP contribution in [0.25, 0.3) is 0 Å². The molecule has 2 bridgehead atoms. The van der Waals surface area contributed by atoms with Crippen molar-refractivity contribution in [2.75, 3.05) is 26.2 Å². The molecule has 6 aliphatic rings. The number of alkyl halides is 3. The molecule has 288 valence electrons. The Morgan fingerprint density at radius 1 is 1.11 bits per heavy atom. The molecule has 7 rings (SSSR count). The van der Waals surface area contributed by atoms with E-state index in [0.29, 0.717) is 30.9 Å². The number of benzene rings is 1. The number of nitrogens with zero attached hydrogens (tertiary/aromatic N) is 3. The van der Waals surface area contributed by atoms with Crippen molar-refractivity contribution in [2.24, 2.45) is 28.6 Å². The summed E-state index contributed by atoms with van der Waals surface area (Å²) in [6.07, 6.45) is -1.60. The fourth-order valence-corrected chi connectivity index (χ4v) is 9.39. The monoisotopic (exact) mass is 738 g/mol. The van der Waals surface area contributed by atoms with Crippen molar-refractivity contribution in [3.8, 4) is 17.9 Å². The van der Waals surface area contributed by atoms with Crippen LogP contribution in [0.4, 0.5) is 18.0 Å². The molecule has 3 saturated carbocycles. The van der Waals surface area contributed by atoms with Crippen LogP contribution in [0.5, 0.6) is 0 Å². The first-order valence-corrected chi connectivity index (χ1v) is 19.1. The summed E-state index contributed by atoms with van der Waals surface area (Å²) in [6, 6.07) is 7.00. The molecule has 0 spiro atoms. The Hall–Kier alpha value is -3.26. The van der Waals surface area contributed by atoms with Crippen molar-refractivity contribution in [3.05, 3.63) is 35.4 Å². The molecule has 3 heterocycles. The third-order valence-electron chi connectivity index (χ3n) is 12.9. The number of piperidine rings is 1. The van der Waals surface area contributed by atoms with Gasteiger partial charge in [-0.15, -0.1) is 0 Å². The summed E-state index contributed by atoms with van der Waals surface area (Å²) in [5.41, 5.74) is -0.779. The summed E-state index contributed by atoms with van der Waals surface area (Å²) in [6.45, 7) is 17.7. The van der Waals surface area contributed by atoms with E-state index in [1.54, 1.807) is 4.90 Å². The molecule has 0 aromatic heterocycles. The van der Waals surface area contributed by atoms with Gasteiger partial charge in [0.1, 0.15) is 12.0 Å². The second-order valence-electron chi connectivity index (χ2n) is 18.0. The van der Waals surface area contributed by atoms with Gasteiger partial charge < -0.3 is 24.3 Å². The van der Waals surface area contributed by atoms with Crippen LogP contribution in [0, 0.1) is 51.8 Å². The van der Waals surface area contributed by atoms with Gasteiger partial charge in [-0.1, -0.05) is 51.7 Å². The lowest BCUT2D eigenvalue weighted by Crippen LogP contribution is -2.65. The number of alkyl carbamates (subject to hydrolysis) is 1. The smallest absolute Gasteiger partial charge is 0.444 e. The summed E-state index contributed by atoms with van der Waals surface area (Å²) in [5, 5.41) is 12.8. The molecule has 3 aliphatic heterocycles. The Kier molecular flexibility index (Phi) is 10.7. The predicted octanol–water partition coefficient (Wildman–Crippen LogP) is 6.64. The predicted molar refractivity (Wildman–Crippen MR) is 194 cm³/mol. The highest BCUT2D eigenvalue weighted by Crippen LogP contribution is 2.65. The zero-order valence-electron chi connectivity index (χ0n) is 32.1. The molecule has 1 aromatic carbocycles. The van der Waals surface area contributed by atoms with E-state index in [2.05, 4.69) is 76.6 Å². The Morgan fingerprint density at radius 3 is 2.45 bits per heavy atom. The largest absolute Gasteiger partial charge is 0.482 e. The van der Waals surface area contributed by atoms with Crippen LogP contribution in [0.15, 0.2) is 24.3 Å². The molecule has 1 unspecified atom stereocenters. The molecule has 3 saturated heterocycles. The van der Waals surface area contributed by atoms with Gasteiger partial charge in [-0.25, -0.2) is 4.79 Å². The molecule has 53 heavy (non-hydrogen) atoms. The number of carbonyl (C=O) groups is 2. The van der Waals surface area contributed by atoms with Gasteiger partial charge in [0, 0.05) is 26.1 Å². The standard InChI is InChI=1S/C40H54BF3N4O5/c1-36(2)17-19-48(25-36)37(3,4)16-8-10-27(23-45)34(49)47-18-9-11-30(24-47)51-35(50)46-33(20-26-12-14-28(15-13-26)40(42,43)44)41-52-32-22-29-21-31(38(29,5)6)39(32,7)53-41/h12-15,27,29-33H,9-11,17-22,24-25H2,1-7H3,(H,46,50)/t27?,29-,30-,31-,32+,33-,39-/m0/s1. The number of nitrogens with one attached hydrogen (secondary N) is 1. The van der Waals surface area contributed by atoms with Crippen LogP contribution in [0.3, 0.4) is 0 Å². The number of ether oxygens (including phenoxy) is 1. The number of rotatable bonds is 8. The highest BCUT2D eigenvalue weighted by atomic mass is 19.4. The van der Waals surface area contributed by atoms with Gasteiger partial charge in [0.05, 0.1) is 41.4 Å². The van der Waals surface area contributed by atoms with E-state index in [0.717, 1.165) is 44.5 Å². The summed E-state index contributed by atoms with van der Waals surface area (Å²) >= 11 is 0. The van der Waals surface area contributed by atoms with Crippen LogP contribution in [0.2, 0.25) is 0 Å². The third kappa shape index (κ3) is 8.23.